The van der Waals surface area contributed by atoms with Crippen LogP contribution in [0.2, 0.25) is 0 Å². The lowest BCUT2D eigenvalue weighted by Gasteiger charge is -2.23. The van der Waals surface area contributed by atoms with Crippen LogP contribution >= 0.6 is 23.1 Å². The highest BCUT2D eigenvalue weighted by Crippen LogP contribution is 2.30. The highest BCUT2D eigenvalue weighted by molar-refractivity contribution is 7.99. The molecule has 0 radical (unpaired) electrons. The van der Waals surface area contributed by atoms with Gasteiger partial charge in [0.2, 0.25) is 5.91 Å². The van der Waals surface area contributed by atoms with Crippen molar-refractivity contribution >= 4 is 44.9 Å². The summed E-state index contributed by atoms with van der Waals surface area (Å²) in [6.45, 7) is 12.1. The van der Waals surface area contributed by atoms with Crippen LogP contribution in [-0.2, 0) is 4.79 Å². The summed E-state index contributed by atoms with van der Waals surface area (Å²) in [5.74, 6) is 0.0188. The number of nitriles is 1. The third-order valence-corrected chi connectivity index (χ3v) is 7.35. The van der Waals surface area contributed by atoms with Gasteiger partial charge in [-0.05, 0) is 70.4 Å². The molecule has 0 atom stereocenters. The number of benzene rings is 1. The number of fused-ring (bicyclic) bond motifs is 1. The van der Waals surface area contributed by atoms with Crippen LogP contribution in [-0.4, -0.2) is 27.8 Å². The van der Waals surface area contributed by atoms with Gasteiger partial charge in [0.15, 0.2) is 5.16 Å². The second-order valence-corrected chi connectivity index (χ2v) is 10.4. The molecule has 2 aromatic heterocycles. The number of nitrogens with zero attached hydrogens (tertiary/aromatic N) is 4. The maximum Gasteiger partial charge on any atom is 0.263 e. The first-order valence-electron chi connectivity index (χ1n) is 10.5. The molecule has 3 rings (SSSR count). The molecule has 168 valence electrons. The van der Waals surface area contributed by atoms with Crippen LogP contribution in [0.25, 0.3) is 10.2 Å². The maximum absolute atomic E-state index is 13.2. The third kappa shape index (κ3) is 4.89. The summed E-state index contributed by atoms with van der Waals surface area (Å²) in [6, 6.07) is 8.02. The smallest absolute Gasteiger partial charge is 0.263 e. The zero-order valence-electron chi connectivity index (χ0n) is 19.4. The van der Waals surface area contributed by atoms with Crippen molar-refractivity contribution in [2.45, 2.75) is 59.2 Å². The minimum absolute atomic E-state index is 0.0579. The fourth-order valence-electron chi connectivity index (χ4n) is 3.72. The molecule has 0 unspecified atom stereocenters. The predicted octanol–water partition coefficient (Wildman–Crippen LogP) is 5.31. The molecule has 0 bridgehead atoms. The summed E-state index contributed by atoms with van der Waals surface area (Å²) >= 11 is 2.79. The van der Waals surface area contributed by atoms with Gasteiger partial charge in [-0.15, -0.1) is 11.3 Å². The van der Waals surface area contributed by atoms with Gasteiger partial charge in [-0.3, -0.25) is 14.2 Å². The Bertz CT molecular complexity index is 1250. The molecule has 0 N–H and O–H groups in total. The molecule has 6 nitrogen and oxygen atoms in total. The Balaban J connectivity index is 1.94. The first kappa shape index (κ1) is 24.0. The molecule has 1 aromatic carbocycles. The lowest BCUT2D eigenvalue weighted by atomic mass is 10.1. The Morgan fingerprint density at radius 2 is 1.88 bits per heavy atom. The van der Waals surface area contributed by atoms with Gasteiger partial charge < -0.3 is 4.90 Å². The highest BCUT2D eigenvalue weighted by atomic mass is 32.2. The lowest BCUT2D eigenvalue weighted by molar-refractivity contribution is -0.116. The van der Waals surface area contributed by atoms with E-state index in [1.807, 2.05) is 53.7 Å². The van der Waals surface area contributed by atoms with Crippen LogP contribution in [0, 0.1) is 39.0 Å². The lowest BCUT2D eigenvalue weighted by Crippen LogP contribution is -2.34. The zero-order chi connectivity index (χ0) is 23.6. The number of thiophene rings is 1. The number of rotatable bonds is 7. The molecule has 1 amide bonds. The number of carbonyl (C=O) groups excluding carboxylic acids is 1. The number of aromatic nitrogens is 2. The number of hydrogen-bond donors (Lipinski definition) is 0. The van der Waals surface area contributed by atoms with Crippen LogP contribution < -0.4 is 10.5 Å². The number of aryl methyl sites for hydroxylation is 4. The topological polar surface area (TPSA) is 79.0 Å². The number of amides is 1. The monoisotopic (exact) mass is 468 g/mol. The molecule has 32 heavy (non-hydrogen) atoms. The highest BCUT2D eigenvalue weighted by Gasteiger charge is 2.21. The van der Waals surface area contributed by atoms with Gasteiger partial charge in [0.05, 0.1) is 23.6 Å². The predicted molar refractivity (Wildman–Crippen MR) is 133 cm³/mol. The molecule has 0 fully saturated rings. The SMILES string of the molecule is Cc1cc(C)cc(N(CCC#N)C(=O)CSc2nc3sc(C)c(C)c3c(=O)n2C(C)C)c1. The van der Waals surface area contributed by atoms with E-state index in [1.54, 1.807) is 9.47 Å². The second kappa shape index (κ2) is 9.88. The van der Waals surface area contributed by atoms with Crippen molar-refractivity contribution in [3.63, 3.8) is 0 Å². The van der Waals surface area contributed by atoms with E-state index in [0.29, 0.717) is 21.9 Å². The molecule has 0 saturated heterocycles. The van der Waals surface area contributed by atoms with Crippen LogP contribution in [0.3, 0.4) is 0 Å². The molecule has 2 heterocycles. The molecular weight excluding hydrogens is 440 g/mol. The Kier molecular flexibility index (Phi) is 7.42. The van der Waals surface area contributed by atoms with E-state index >= 15 is 0 Å². The summed E-state index contributed by atoms with van der Waals surface area (Å²) in [6.07, 6.45) is 0.248. The van der Waals surface area contributed by atoms with Crippen LogP contribution in [0.5, 0.6) is 0 Å². The summed E-state index contributed by atoms with van der Waals surface area (Å²) < 4.78 is 1.68. The van der Waals surface area contributed by atoms with Crippen LogP contribution in [0.4, 0.5) is 5.69 Å². The number of anilines is 1. The zero-order valence-corrected chi connectivity index (χ0v) is 21.0. The van der Waals surface area contributed by atoms with Gasteiger partial charge in [0.1, 0.15) is 4.83 Å². The van der Waals surface area contributed by atoms with Gasteiger partial charge in [-0.2, -0.15) is 5.26 Å². The maximum atomic E-state index is 13.2. The van der Waals surface area contributed by atoms with Gasteiger partial charge >= 0.3 is 0 Å². The van der Waals surface area contributed by atoms with Crippen molar-refractivity contribution in [3.05, 3.63) is 50.1 Å². The minimum Gasteiger partial charge on any atom is -0.311 e. The standard InChI is InChI=1S/C24H28N4O2S2/c1-14(2)28-23(30)21-17(5)18(6)32-22(21)26-24(28)31-13-20(29)27(9-7-8-25)19-11-15(3)10-16(4)12-19/h10-12,14H,7,9,13H2,1-6H3. The summed E-state index contributed by atoms with van der Waals surface area (Å²) in [5, 5.41) is 10.3. The first-order valence-corrected chi connectivity index (χ1v) is 12.3. The van der Waals surface area contributed by atoms with E-state index in [-0.39, 0.29) is 29.7 Å². The number of carbonyl (C=O) groups is 1. The summed E-state index contributed by atoms with van der Waals surface area (Å²) in [4.78, 5) is 34.7. The van der Waals surface area contributed by atoms with E-state index < -0.39 is 0 Å². The van der Waals surface area contributed by atoms with Crippen molar-refractivity contribution in [1.29, 1.82) is 5.26 Å². The molecule has 0 saturated carbocycles. The second-order valence-electron chi connectivity index (χ2n) is 8.21. The first-order chi connectivity index (χ1) is 15.1. The van der Waals surface area contributed by atoms with E-state index in [2.05, 4.69) is 12.1 Å². The Labute approximate surface area is 196 Å². The summed E-state index contributed by atoms with van der Waals surface area (Å²) in [5.41, 5.74) is 3.83. The van der Waals surface area contributed by atoms with Gasteiger partial charge in [0.25, 0.3) is 5.56 Å². The minimum atomic E-state index is -0.113. The van der Waals surface area contributed by atoms with E-state index in [0.717, 1.165) is 27.3 Å². The number of hydrogen-bond acceptors (Lipinski definition) is 6. The van der Waals surface area contributed by atoms with Crippen molar-refractivity contribution in [1.82, 2.24) is 9.55 Å². The summed E-state index contributed by atoms with van der Waals surface area (Å²) in [7, 11) is 0. The molecular formula is C24H28N4O2S2. The Morgan fingerprint density at radius 3 is 2.47 bits per heavy atom. The van der Waals surface area contributed by atoms with Crippen LogP contribution in [0.1, 0.15) is 47.9 Å². The largest absolute Gasteiger partial charge is 0.311 e. The molecule has 0 aliphatic heterocycles. The van der Waals surface area contributed by atoms with Crippen LogP contribution in [0.15, 0.2) is 28.2 Å². The van der Waals surface area contributed by atoms with Gasteiger partial charge in [0, 0.05) is 23.2 Å². The average molecular weight is 469 g/mol. The Morgan fingerprint density at radius 1 is 1.22 bits per heavy atom. The van der Waals surface area contributed by atoms with Crippen molar-refractivity contribution in [3.8, 4) is 6.07 Å². The fourth-order valence-corrected chi connectivity index (χ4v) is 5.79. The fraction of sp³-hybridized carbons (Fsp3) is 0.417. The Hall–Kier alpha value is -2.63. The van der Waals surface area contributed by atoms with Crippen molar-refractivity contribution in [2.75, 3.05) is 17.2 Å². The van der Waals surface area contributed by atoms with Crippen molar-refractivity contribution in [2.24, 2.45) is 0 Å². The van der Waals surface area contributed by atoms with E-state index in [9.17, 15) is 9.59 Å². The molecule has 0 aliphatic rings. The normalized spacial score (nSPS) is 11.2. The molecule has 8 heteroatoms. The van der Waals surface area contributed by atoms with E-state index in [4.69, 9.17) is 10.2 Å². The molecule has 0 spiro atoms. The molecule has 0 aliphatic carbocycles. The van der Waals surface area contributed by atoms with Gasteiger partial charge in [-0.1, -0.05) is 17.8 Å². The van der Waals surface area contributed by atoms with Crippen molar-refractivity contribution < 1.29 is 4.79 Å². The molecule has 3 aromatic rings. The van der Waals surface area contributed by atoms with E-state index in [1.165, 1.54) is 23.1 Å². The van der Waals surface area contributed by atoms with Gasteiger partial charge in [-0.25, -0.2) is 4.98 Å². The number of thioether (sulfide) groups is 1. The third-order valence-electron chi connectivity index (χ3n) is 5.31. The quantitative estimate of drug-likeness (QED) is 0.347. The average Bonchev–Trinajstić information content (AvgIpc) is 2.99.